The lowest BCUT2D eigenvalue weighted by Crippen LogP contribution is -1.78. The van der Waals surface area contributed by atoms with Crippen molar-refractivity contribution in [3.63, 3.8) is 0 Å². The first-order valence-electron chi connectivity index (χ1n) is 2.81. The molecule has 1 aliphatic heterocycles. The van der Waals surface area contributed by atoms with Crippen molar-refractivity contribution in [1.82, 2.24) is 0 Å². The molecule has 0 aromatic heterocycles. The highest BCUT2D eigenvalue weighted by molar-refractivity contribution is 5.12. The van der Waals surface area contributed by atoms with Gasteiger partial charge in [-0.05, 0) is 12.0 Å². The summed E-state index contributed by atoms with van der Waals surface area (Å²) in [6.45, 7) is 5.29. The first kappa shape index (κ1) is 5.57. The summed E-state index contributed by atoms with van der Waals surface area (Å²) in [7, 11) is 0. The number of hydrogen-bond donors (Lipinski definition) is 0. The fourth-order valence-electron chi connectivity index (χ4n) is 0.777. The Morgan fingerprint density at radius 2 is 2.50 bits per heavy atom. The van der Waals surface area contributed by atoms with Gasteiger partial charge in [0, 0.05) is 0 Å². The van der Waals surface area contributed by atoms with Crippen molar-refractivity contribution in [1.29, 1.82) is 0 Å². The van der Waals surface area contributed by atoms with Gasteiger partial charge in [0.15, 0.2) is 0 Å². The Kier molecular flexibility index (Phi) is 1.86. The molecule has 0 bridgehead atoms. The molecule has 0 spiro atoms. The smallest absolute Gasteiger partial charge is 0.0680 e. The average molecular weight is 110 g/mol. The van der Waals surface area contributed by atoms with Crippen molar-refractivity contribution in [2.24, 2.45) is 0 Å². The predicted octanol–water partition coefficient (Wildman–Crippen LogP) is 1.52. The second-order valence-corrected chi connectivity index (χ2v) is 1.86. The first-order valence-corrected chi connectivity index (χ1v) is 2.81. The molecule has 0 radical (unpaired) electrons. The minimum absolute atomic E-state index is 0.812. The molecule has 0 N–H and O–H groups in total. The van der Waals surface area contributed by atoms with E-state index in [2.05, 4.69) is 6.58 Å². The van der Waals surface area contributed by atoms with Crippen LogP contribution in [0.15, 0.2) is 24.3 Å². The van der Waals surface area contributed by atoms with Crippen LogP contribution in [0.1, 0.15) is 6.42 Å². The van der Waals surface area contributed by atoms with Crippen molar-refractivity contribution in [2.45, 2.75) is 6.42 Å². The number of allylic oxidation sites excluding steroid dienone is 2. The van der Waals surface area contributed by atoms with Gasteiger partial charge in [-0.15, -0.1) is 0 Å². The van der Waals surface area contributed by atoms with Crippen LogP contribution >= 0.6 is 0 Å². The maximum Gasteiger partial charge on any atom is 0.0680 e. The summed E-state index contributed by atoms with van der Waals surface area (Å²) in [6, 6.07) is 0. The average Bonchev–Trinajstić information content (AvgIpc) is 2.19. The van der Waals surface area contributed by atoms with Crippen LogP contribution in [0.3, 0.4) is 0 Å². The molecule has 8 heavy (non-hydrogen) atoms. The molecular weight excluding hydrogens is 100 g/mol. The van der Waals surface area contributed by atoms with Gasteiger partial charge in [-0.3, -0.25) is 0 Å². The van der Waals surface area contributed by atoms with Crippen LogP contribution in [0.25, 0.3) is 0 Å². The number of hydrogen-bond acceptors (Lipinski definition) is 1. The zero-order valence-electron chi connectivity index (χ0n) is 4.89. The van der Waals surface area contributed by atoms with E-state index in [4.69, 9.17) is 4.74 Å². The second-order valence-electron chi connectivity index (χ2n) is 1.86. The van der Waals surface area contributed by atoms with Crippen molar-refractivity contribution in [3.8, 4) is 0 Å². The lowest BCUT2D eigenvalue weighted by atomic mass is 10.2. The molecule has 44 valence electrons. The topological polar surface area (TPSA) is 9.23 Å². The summed E-state index contributed by atoms with van der Waals surface area (Å²) in [5, 5.41) is 0. The highest BCUT2D eigenvalue weighted by Crippen LogP contribution is 2.09. The Balaban J connectivity index is 2.44. The number of ether oxygens (including phenoxy) is 1. The third-order valence-electron chi connectivity index (χ3n) is 1.21. The Morgan fingerprint density at radius 3 is 3.00 bits per heavy atom. The van der Waals surface area contributed by atoms with Crippen molar-refractivity contribution >= 4 is 0 Å². The molecule has 1 nitrogen and oxygen atoms in total. The van der Waals surface area contributed by atoms with Crippen LogP contribution in [-0.4, -0.2) is 13.2 Å². The van der Waals surface area contributed by atoms with Gasteiger partial charge in [-0.2, -0.15) is 0 Å². The lowest BCUT2D eigenvalue weighted by molar-refractivity contribution is 0.204. The molecule has 1 fully saturated rings. The monoisotopic (exact) mass is 110 g/mol. The minimum Gasteiger partial charge on any atom is -0.377 e. The molecule has 1 heterocycles. The van der Waals surface area contributed by atoms with Crippen LogP contribution in [0.4, 0.5) is 0 Å². The third-order valence-corrected chi connectivity index (χ3v) is 1.21. The van der Waals surface area contributed by atoms with Gasteiger partial charge in [0.2, 0.25) is 0 Å². The fourth-order valence-corrected chi connectivity index (χ4v) is 0.777. The zero-order valence-corrected chi connectivity index (χ0v) is 4.89. The molecular formula is C7H10O. The number of rotatable bonds is 1. The van der Waals surface area contributed by atoms with Crippen LogP contribution < -0.4 is 0 Å². The molecule has 1 aliphatic rings. The maximum atomic E-state index is 5.09. The quantitative estimate of drug-likeness (QED) is 0.497. The highest BCUT2D eigenvalue weighted by Gasteiger charge is 2.03. The first-order chi connectivity index (χ1) is 3.93. The highest BCUT2D eigenvalue weighted by atomic mass is 16.5. The fraction of sp³-hybridized carbons (Fsp3) is 0.429. The standard InChI is InChI=1S/C7H10O/c1-2-3-7-4-5-8-6-7/h2-3H,1,4-6H2/b7-3+. The molecule has 0 amide bonds. The van der Waals surface area contributed by atoms with Crippen LogP contribution in [0.2, 0.25) is 0 Å². The van der Waals surface area contributed by atoms with Gasteiger partial charge in [-0.1, -0.05) is 18.7 Å². The van der Waals surface area contributed by atoms with E-state index in [9.17, 15) is 0 Å². The molecule has 0 unspecified atom stereocenters. The molecule has 0 aromatic rings. The van der Waals surface area contributed by atoms with Crippen molar-refractivity contribution in [2.75, 3.05) is 13.2 Å². The van der Waals surface area contributed by atoms with Crippen LogP contribution in [0, 0.1) is 0 Å². The Labute approximate surface area is 49.7 Å². The summed E-state index contributed by atoms with van der Waals surface area (Å²) in [6.07, 6.45) is 4.92. The van der Waals surface area contributed by atoms with E-state index in [0.717, 1.165) is 19.6 Å². The second kappa shape index (κ2) is 2.68. The molecule has 0 aliphatic carbocycles. The van der Waals surface area contributed by atoms with Crippen LogP contribution in [0.5, 0.6) is 0 Å². The molecule has 0 atom stereocenters. The van der Waals surface area contributed by atoms with Gasteiger partial charge >= 0.3 is 0 Å². The summed E-state index contributed by atoms with van der Waals surface area (Å²) in [5.41, 5.74) is 1.36. The summed E-state index contributed by atoms with van der Waals surface area (Å²) in [4.78, 5) is 0. The largest absolute Gasteiger partial charge is 0.377 e. The predicted molar refractivity (Wildman–Crippen MR) is 33.7 cm³/mol. The van der Waals surface area contributed by atoms with E-state index < -0.39 is 0 Å². The van der Waals surface area contributed by atoms with Crippen LogP contribution in [-0.2, 0) is 4.74 Å². The van der Waals surface area contributed by atoms with Gasteiger partial charge in [0.25, 0.3) is 0 Å². The SMILES string of the molecule is C=C/C=C1\CCOC1. The zero-order chi connectivity index (χ0) is 5.82. The molecule has 1 rings (SSSR count). The van der Waals surface area contributed by atoms with Gasteiger partial charge in [0.1, 0.15) is 0 Å². The Bertz CT molecular complexity index is 106. The van der Waals surface area contributed by atoms with E-state index in [0.29, 0.717) is 0 Å². The molecule has 0 aromatic carbocycles. The normalized spacial score (nSPS) is 24.2. The van der Waals surface area contributed by atoms with Gasteiger partial charge < -0.3 is 4.74 Å². The van der Waals surface area contributed by atoms with E-state index in [1.54, 1.807) is 0 Å². The summed E-state index contributed by atoms with van der Waals surface area (Å²) < 4.78 is 5.09. The minimum atomic E-state index is 0.812. The van der Waals surface area contributed by atoms with Crippen molar-refractivity contribution < 1.29 is 4.74 Å². The van der Waals surface area contributed by atoms with E-state index in [-0.39, 0.29) is 0 Å². The molecule has 1 heteroatoms. The molecule has 1 saturated heterocycles. The van der Waals surface area contributed by atoms with Crippen molar-refractivity contribution in [3.05, 3.63) is 24.3 Å². The maximum absolute atomic E-state index is 5.09. The lowest BCUT2D eigenvalue weighted by Gasteiger charge is -1.84. The Morgan fingerprint density at radius 1 is 1.62 bits per heavy atom. The van der Waals surface area contributed by atoms with Gasteiger partial charge in [0.05, 0.1) is 13.2 Å². The van der Waals surface area contributed by atoms with E-state index >= 15 is 0 Å². The Hall–Kier alpha value is -0.560. The third kappa shape index (κ3) is 1.20. The van der Waals surface area contributed by atoms with E-state index in [1.165, 1.54) is 5.57 Å². The summed E-state index contributed by atoms with van der Waals surface area (Å²) in [5.74, 6) is 0. The van der Waals surface area contributed by atoms with Gasteiger partial charge in [-0.25, -0.2) is 0 Å². The summed E-state index contributed by atoms with van der Waals surface area (Å²) >= 11 is 0. The molecule has 0 saturated carbocycles. The van der Waals surface area contributed by atoms with E-state index in [1.807, 2.05) is 12.2 Å².